The predicted octanol–water partition coefficient (Wildman–Crippen LogP) is 2.97. The molecule has 3 aromatic rings. The van der Waals surface area contributed by atoms with E-state index in [2.05, 4.69) is 9.97 Å². The third-order valence-corrected chi connectivity index (χ3v) is 7.00. The van der Waals surface area contributed by atoms with Crippen molar-refractivity contribution in [1.82, 2.24) is 19.5 Å². The van der Waals surface area contributed by atoms with E-state index in [1.165, 1.54) is 6.07 Å². The lowest BCUT2D eigenvalue weighted by Crippen LogP contribution is -2.42. The first-order chi connectivity index (χ1) is 15.9. The van der Waals surface area contributed by atoms with Crippen LogP contribution >= 0.6 is 0 Å². The Labute approximate surface area is 194 Å². The van der Waals surface area contributed by atoms with E-state index in [-0.39, 0.29) is 22.3 Å². The molecule has 1 aliphatic rings. The Hall–Kier alpha value is -2.93. The molecule has 0 spiro atoms. The number of aliphatic hydroxyl groups excluding tert-OH is 1. The zero-order valence-corrected chi connectivity index (χ0v) is 19.8. The number of aromatic nitrogens is 4. The first-order valence-electron chi connectivity index (χ1n) is 10.5. The maximum atomic E-state index is 13.3. The standard InChI is InChI=1S/C21H24F3N5O4S/c1-11(2)17-18-26-14-7-12(10-30)16(34(4,31)32)8-15(14)28(18)5-6-29(17)20-25-9-13(21(22,23)24)19(27-20)33-3/h7-9,11,17,30H,5-6,10H2,1-4H3/t17-/m1/s1. The summed E-state index contributed by atoms with van der Waals surface area (Å²) < 4.78 is 71.1. The average Bonchev–Trinajstić information content (AvgIpc) is 3.13. The lowest BCUT2D eigenvalue weighted by molar-refractivity contribution is -0.139. The van der Waals surface area contributed by atoms with E-state index in [0.717, 1.165) is 13.4 Å². The van der Waals surface area contributed by atoms with E-state index < -0.39 is 40.1 Å². The van der Waals surface area contributed by atoms with Gasteiger partial charge >= 0.3 is 6.18 Å². The van der Waals surface area contributed by atoms with Crippen LogP contribution < -0.4 is 9.64 Å². The van der Waals surface area contributed by atoms with Gasteiger partial charge < -0.3 is 19.3 Å². The number of rotatable bonds is 5. The van der Waals surface area contributed by atoms with E-state index >= 15 is 0 Å². The molecule has 1 atom stereocenters. The summed E-state index contributed by atoms with van der Waals surface area (Å²) in [5, 5.41) is 9.69. The molecular formula is C21H24F3N5O4S. The Balaban J connectivity index is 1.86. The van der Waals surface area contributed by atoms with Crippen LogP contribution in [-0.2, 0) is 29.2 Å². The number of aliphatic hydroxyl groups is 1. The van der Waals surface area contributed by atoms with Gasteiger partial charge in [-0.1, -0.05) is 13.8 Å². The Morgan fingerprint density at radius 1 is 1.24 bits per heavy atom. The molecular weight excluding hydrogens is 475 g/mol. The molecule has 34 heavy (non-hydrogen) atoms. The van der Waals surface area contributed by atoms with Gasteiger partial charge in [0.1, 0.15) is 11.4 Å². The molecule has 9 nitrogen and oxygen atoms in total. The number of benzene rings is 1. The van der Waals surface area contributed by atoms with Gasteiger partial charge in [0.2, 0.25) is 11.8 Å². The van der Waals surface area contributed by atoms with Crippen LogP contribution in [0.3, 0.4) is 0 Å². The molecule has 0 amide bonds. The smallest absolute Gasteiger partial charge is 0.423 e. The second kappa shape index (κ2) is 8.38. The fourth-order valence-corrected chi connectivity index (χ4v) is 5.28. The SMILES string of the molecule is COc1nc(N2CCn3c(nc4cc(CO)c(S(C)(=O)=O)cc43)[C@H]2C(C)C)ncc1C(F)(F)F. The molecule has 0 saturated carbocycles. The number of imidazole rings is 1. The van der Waals surface area contributed by atoms with Crippen LogP contribution in [0.15, 0.2) is 23.2 Å². The molecule has 1 aromatic carbocycles. The summed E-state index contributed by atoms with van der Waals surface area (Å²) in [5.41, 5.74) is 0.307. The number of methoxy groups -OCH3 is 1. The maximum Gasteiger partial charge on any atom is 0.423 e. The van der Waals surface area contributed by atoms with Crippen LogP contribution in [0, 0.1) is 5.92 Å². The van der Waals surface area contributed by atoms with Crippen LogP contribution in [0.25, 0.3) is 11.0 Å². The average molecular weight is 500 g/mol. The summed E-state index contributed by atoms with van der Waals surface area (Å²) in [6.45, 7) is 4.15. The highest BCUT2D eigenvalue weighted by Crippen LogP contribution is 2.39. The van der Waals surface area contributed by atoms with Gasteiger partial charge in [-0.3, -0.25) is 0 Å². The minimum Gasteiger partial charge on any atom is -0.480 e. The number of fused-ring (bicyclic) bond motifs is 3. The van der Waals surface area contributed by atoms with Gasteiger partial charge in [-0.2, -0.15) is 18.2 Å². The Bertz CT molecular complexity index is 1350. The summed E-state index contributed by atoms with van der Waals surface area (Å²) in [5.74, 6) is 0.0758. The highest BCUT2D eigenvalue weighted by atomic mass is 32.2. The molecule has 0 saturated heterocycles. The lowest BCUT2D eigenvalue weighted by atomic mass is 10.00. The van der Waals surface area contributed by atoms with Gasteiger partial charge in [-0.05, 0) is 23.6 Å². The zero-order valence-electron chi connectivity index (χ0n) is 19.0. The maximum absolute atomic E-state index is 13.3. The van der Waals surface area contributed by atoms with E-state index in [0.29, 0.717) is 36.1 Å². The fraction of sp³-hybridized carbons (Fsp3) is 0.476. The van der Waals surface area contributed by atoms with Gasteiger partial charge in [-0.15, -0.1) is 0 Å². The quantitative estimate of drug-likeness (QED) is 0.571. The van der Waals surface area contributed by atoms with Crippen molar-refractivity contribution in [3.8, 4) is 5.88 Å². The number of halogens is 3. The topological polar surface area (TPSA) is 110 Å². The molecule has 0 unspecified atom stereocenters. The highest BCUT2D eigenvalue weighted by Gasteiger charge is 2.39. The van der Waals surface area contributed by atoms with Crippen LogP contribution in [0.2, 0.25) is 0 Å². The summed E-state index contributed by atoms with van der Waals surface area (Å²) in [7, 11) is -2.47. The van der Waals surface area contributed by atoms with E-state index in [9.17, 15) is 26.7 Å². The minimum atomic E-state index is -4.65. The Morgan fingerprint density at radius 3 is 2.50 bits per heavy atom. The van der Waals surface area contributed by atoms with Gasteiger partial charge in [0.05, 0.1) is 35.7 Å². The van der Waals surface area contributed by atoms with Crippen LogP contribution in [0.4, 0.5) is 19.1 Å². The van der Waals surface area contributed by atoms with E-state index in [4.69, 9.17) is 9.72 Å². The second-order valence-corrected chi connectivity index (χ2v) is 10.5. The summed E-state index contributed by atoms with van der Waals surface area (Å²) in [6.07, 6.45) is -2.87. The number of hydrogen-bond acceptors (Lipinski definition) is 8. The van der Waals surface area contributed by atoms with Crippen molar-refractivity contribution in [3.63, 3.8) is 0 Å². The summed E-state index contributed by atoms with van der Waals surface area (Å²) in [4.78, 5) is 14.5. The highest BCUT2D eigenvalue weighted by molar-refractivity contribution is 7.90. The summed E-state index contributed by atoms with van der Waals surface area (Å²) in [6, 6.07) is 2.66. The normalized spacial score (nSPS) is 16.9. The third-order valence-electron chi connectivity index (χ3n) is 5.82. The van der Waals surface area contributed by atoms with Crippen molar-refractivity contribution in [2.75, 3.05) is 24.8 Å². The van der Waals surface area contributed by atoms with E-state index in [1.54, 1.807) is 11.0 Å². The number of hydrogen-bond donors (Lipinski definition) is 1. The van der Waals surface area contributed by atoms with Crippen LogP contribution in [0.5, 0.6) is 5.88 Å². The molecule has 0 aliphatic carbocycles. The predicted molar refractivity (Wildman–Crippen MR) is 117 cm³/mol. The lowest BCUT2D eigenvalue weighted by Gasteiger charge is -2.38. The number of anilines is 1. The largest absolute Gasteiger partial charge is 0.480 e. The first kappa shape index (κ1) is 24.2. The van der Waals surface area contributed by atoms with Crippen molar-refractivity contribution in [1.29, 1.82) is 0 Å². The van der Waals surface area contributed by atoms with Crippen molar-refractivity contribution in [2.24, 2.45) is 5.92 Å². The minimum absolute atomic E-state index is 0.0320. The fourth-order valence-electron chi connectivity index (χ4n) is 4.36. The van der Waals surface area contributed by atoms with Crippen LogP contribution in [0.1, 0.15) is 36.8 Å². The first-order valence-corrected chi connectivity index (χ1v) is 12.3. The number of ether oxygens (including phenoxy) is 1. The van der Waals surface area contributed by atoms with Gasteiger partial charge in [0.15, 0.2) is 9.84 Å². The van der Waals surface area contributed by atoms with Crippen LogP contribution in [-0.4, -0.2) is 53.0 Å². The Morgan fingerprint density at radius 2 is 1.94 bits per heavy atom. The van der Waals surface area contributed by atoms with Crippen molar-refractivity contribution in [2.45, 2.75) is 44.1 Å². The number of sulfone groups is 1. The number of nitrogens with zero attached hydrogens (tertiary/aromatic N) is 5. The Kier molecular flexibility index (Phi) is 5.96. The zero-order chi connectivity index (χ0) is 25.0. The van der Waals surface area contributed by atoms with Gasteiger partial charge in [0, 0.05) is 25.5 Å². The van der Waals surface area contributed by atoms with Crippen molar-refractivity contribution >= 4 is 26.8 Å². The number of alkyl halides is 3. The molecule has 0 fully saturated rings. The van der Waals surface area contributed by atoms with Crippen molar-refractivity contribution < 1.29 is 31.4 Å². The second-order valence-electron chi connectivity index (χ2n) is 8.47. The van der Waals surface area contributed by atoms with Gasteiger partial charge in [0.25, 0.3) is 0 Å². The molecule has 0 bridgehead atoms. The van der Waals surface area contributed by atoms with Crippen molar-refractivity contribution in [3.05, 3.63) is 35.3 Å². The monoisotopic (exact) mass is 499 g/mol. The molecule has 13 heteroatoms. The summed E-state index contributed by atoms with van der Waals surface area (Å²) >= 11 is 0. The molecule has 1 aliphatic heterocycles. The molecule has 184 valence electrons. The molecule has 0 radical (unpaired) electrons. The van der Waals surface area contributed by atoms with E-state index in [1.807, 2.05) is 18.4 Å². The molecule has 4 rings (SSSR count). The van der Waals surface area contributed by atoms with Gasteiger partial charge in [-0.25, -0.2) is 18.4 Å². The molecule has 2 aromatic heterocycles. The third kappa shape index (κ3) is 4.06. The molecule has 3 heterocycles. The molecule has 1 N–H and O–H groups in total.